The van der Waals surface area contributed by atoms with Gasteiger partial charge in [0, 0.05) is 5.92 Å². The van der Waals surface area contributed by atoms with Crippen molar-refractivity contribution in [2.45, 2.75) is 24.5 Å². The maximum Gasteiger partial charge on any atom is 0.0865 e. The van der Waals surface area contributed by atoms with Gasteiger partial charge in [-0.1, -0.05) is 0 Å². The monoisotopic (exact) mass is 179 g/mol. The molecular weight excluding hydrogens is 166 g/mol. The van der Waals surface area contributed by atoms with E-state index in [0.29, 0.717) is 6.54 Å². The van der Waals surface area contributed by atoms with Crippen molar-refractivity contribution in [3.63, 3.8) is 0 Å². The summed E-state index contributed by atoms with van der Waals surface area (Å²) < 4.78 is 5.36. The Bertz CT molecular complexity index is 134. The van der Waals surface area contributed by atoms with Crippen LogP contribution in [0.15, 0.2) is 0 Å². The van der Waals surface area contributed by atoms with E-state index in [4.69, 9.17) is 27.2 Å². The van der Waals surface area contributed by atoms with Crippen molar-refractivity contribution in [3.8, 4) is 0 Å². The third-order valence-electron chi connectivity index (χ3n) is 2.18. The van der Waals surface area contributed by atoms with Gasteiger partial charge in [-0.3, -0.25) is 0 Å². The van der Waals surface area contributed by atoms with Gasteiger partial charge in [0.15, 0.2) is 0 Å². The molecule has 0 aromatic carbocycles. The molecule has 1 rings (SSSR count). The van der Waals surface area contributed by atoms with E-state index in [0.717, 1.165) is 0 Å². The molecule has 3 N–H and O–H groups in total. The number of hydrogen-bond acceptors (Lipinski definition) is 3. The third-order valence-corrected chi connectivity index (χ3v) is 2.86. The molecule has 3 nitrogen and oxygen atoms in total. The minimum absolute atomic E-state index is 0.00219. The first kappa shape index (κ1) is 9.26. The van der Waals surface area contributed by atoms with Crippen LogP contribution in [0, 0.1) is 5.92 Å². The van der Waals surface area contributed by atoms with Crippen LogP contribution in [0.5, 0.6) is 0 Å². The van der Waals surface area contributed by atoms with E-state index in [9.17, 15) is 0 Å². The third kappa shape index (κ3) is 1.67. The van der Waals surface area contributed by atoms with Gasteiger partial charge in [-0.25, -0.2) is 0 Å². The van der Waals surface area contributed by atoms with Crippen LogP contribution >= 0.6 is 11.6 Å². The SMILES string of the molecule is C[C@@H]1O[C@H](CO)[C@H](CN)C1Cl. The second-order valence-corrected chi connectivity index (χ2v) is 3.41. The molecule has 1 aliphatic rings. The first-order chi connectivity index (χ1) is 5.20. The largest absolute Gasteiger partial charge is 0.394 e. The molecule has 66 valence electrons. The molecule has 1 saturated heterocycles. The van der Waals surface area contributed by atoms with Crippen molar-refractivity contribution < 1.29 is 9.84 Å². The van der Waals surface area contributed by atoms with Crippen molar-refractivity contribution in [2.24, 2.45) is 11.7 Å². The predicted molar refractivity (Wildman–Crippen MR) is 43.6 cm³/mol. The first-order valence-electron chi connectivity index (χ1n) is 3.81. The van der Waals surface area contributed by atoms with E-state index in [1.54, 1.807) is 0 Å². The van der Waals surface area contributed by atoms with E-state index < -0.39 is 0 Å². The standard InChI is InChI=1S/C7H14ClNO2/c1-4-7(8)5(2-9)6(3-10)11-4/h4-7,10H,2-3,9H2,1H3/t4-,5-,6+,7?/m0/s1. The Morgan fingerprint density at radius 3 is 2.64 bits per heavy atom. The zero-order valence-corrected chi connectivity index (χ0v) is 7.29. The normalized spacial score (nSPS) is 44.7. The quantitative estimate of drug-likeness (QED) is 0.585. The lowest BCUT2D eigenvalue weighted by Gasteiger charge is -2.14. The second-order valence-electron chi connectivity index (χ2n) is 2.91. The van der Waals surface area contributed by atoms with Crippen LogP contribution in [-0.2, 0) is 4.74 Å². The average Bonchev–Trinajstić information content (AvgIpc) is 2.28. The molecule has 1 fully saturated rings. The molecule has 0 saturated carbocycles. The topological polar surface area (TPSA) is 55.5 Å². The molecule has 4 atom stereocenters. The number of aliphatic hydroxyl groups excluding tert-OH is 1. The maximum atomic E-state index is 8.86. The van der Waals surface area contributed by atoms with Crippen LogP contribution in [-0.4, -0.2) is 35.8 Å². The fraction of sp³-hybridized carbons (Fsp3) is 1.00. The fourth-order valence-electron chi connectivity index (χ4n) is 1.47. The van der Waals surface area contributed by atoms with Gasteiger partial charge >= 0.3 is 0 Å². The zero-order chi connectivity index (χ0) is 8.43. The fourth-order valence-corrected chi connectivity index (χ4v) is 1.79. The van der Waals surface area contributed by atoms with Gasteiger partial charge < -0.3 is 15.6 Å². The number of aliphatic hydroxyl groups is 1. The maximum absolute atomic E-state index is 8.86. The van der Waals surface area contributed by atoms with Gasteiger partial charge in [-0.2, -0.15) is 0 Å². The van der Waals surface area contributed by atoms with Gasteiger partial charge in [0.05, 0.1) is 24.2 Å². The Kier molecular flexibility index (Phi) is 3.13. The van der Waals surface area contributed by atoms with Crippen molar-refractivity contribution in [3.05, 3.63) is 0 Å². The highest BCUT2D eigenvalue weighted by Crippen LogP contribution is 2.29. The highest BCUT2D eigenvalue weighted by Gasteiger charge is 2.39. The number of ether oxygens (including phenoxy) is 1. The van der Waals surface area contributed by atoms with E-state index in [-0.39, 0.29) is 30.1 Å². The smallest absolute Gasteiger partial charge is 0.0865 e. The number of rotatable bonds is 2. The summed E-state index contributed by atoms with van der Waals surface area (Å²) in [6.07, 6.45) is -0.167. The summed E-state index contributed by atoms with van der Waals surface area (Å²) in [5.41, 5.74) is 5.48. The minimum atomic E-state index is -0.169. The van der Waals surface area contributed by atoms with Crippen LogP contribution in [0.25, 0.3) is 0 Å². The molecule has 4 heteroatoms. The molecule has 0 amide bonds. The Labute approximate surface area is 71.5 Å². The second kappa shape index (κ2) is 3.72. The van der Waals surface area contributed by atoms with E-state index in [1.807, 2.05) is 6.92 Å². The average molecular weight is 180 g/mol. The summed E-state index contributed by atoms with van der Waals surface area (Å²) in [7, 11) is 0. The number of nitrogens with two attached hydrogens (primary N) is 1. The van der Waals surface area contributed by atoms with Crippen LogP contribution in [0.4, 0.5) is 0 Å². The Morgan fingerprint density at radius 1 is 1.64 bits per heavy atom. The Balaban J connectivity index is 2.57. The van der Waals surface area contributed by atoms with Crippen molar-refractivity contribution in [2.75, 3.05) is 13.2 Å². The minimum Gasteiger partial charge on any atom is -0.394 e. The summed E-state index contributed by atoms with van der Waals surface area (Å²) in [4.78, 5) is 0. The summed E-state index contributed by atoms with van der Waals surface area (Å²) in [6, 6.07) is 0. The molecule has 0 aliphatic carbocycles. The molecule has 0 spiro atoms. The van der Waals surface area contributed by atoms with Gasteiger partial charge in [0.2, 0.25) is 0 Å². The molecule has 0 aromatic rings. The molecule has 1 aliphatic heterocycles. The lowest BCUT2D eigenvalue weighted by molar-refractivity contribution is 0.00789. The van der Waals surface area contributed by atoms with Gasteiger partial charge in [-0.15, -0.1) is 11.6 Å². The molecule has 0 radical (unpaired) electrons. The van der Waals surface area contributed by atoms with E-state index in [1.165, 1.54) is 0 Å². The summed E-state index contributed by atoms with van der Waals surface area (Å²) in [5, 5.41) is 8.81. The molecular formula is C7H14ClNO2. The van der Waals surface area contributed by atoms with Gasteiger partial charge in [0.1, 0.15) is 0 Å². The van der Waals surface area contributed by atoms with Crippen LogP contribution < -0.4 is 5.73 Å². The van der Waals surface area contributed by atoms with E-state index >= 15 is 0 Å². The lowest BCUT2D eigenvalue weighted by atomic mass is 10.00. The van der Waals surface area contributed by atoms with Crippen molar-refractivity contribution >= 4 is 11.6 Å². The summed E-state index contributed by atoms with van der Waals surface area (Å²) >= 11 is 5.99. The zero-order valence-electron chi connectivity index (χ0n) is 6.53. The molecule has 11 heavy (non-hydrogen) atoms. The molecule has 0 aromatic heterocycles. The van der Waals surface area contributed by atoms with E-state index in [2.05, 4.69) is 0 Å². The van der Waals surface area contributed by atoms with Gasteiger partial charge in [0.25, 0.3) is 0 Å². The van der Waals surface area contributed by atoms with Gasteiger partial charge in [-0.05, 0) is 13.5 Å². The van der Waals surface area contributed by atoms with Crippen LogP contribution in [0.2, 0.25) is 0 Å². The predicted octanol–water partition coefficient (Wildman–Crippen LogP) is -0.0517. The van der Waals surface area contributed by atoms with Crippen LogP contribution in [0.3, 0.4) is 0 Å². The van der Waals surface area contributed by atoms with Crippen molar-refractivity contribution in [1.29, 1.82) is 0 Å². The number of alkyl halides is 1. The summed E-state index contributed by atoms with van der Waals surface area (Å²) in [6.45, 7) is 2.38. The van der Waals surface area contributed by atoms with Crippen molar-refractivity contribution in [1.82, 2.24) is 0 Å². The molecule has 1 unspecified atom stereocenters. The first-order valence-corrected chi connectivity index (χ1v) is 4.24. The molecule has 0 bridgehead atoms. The number of hydrogen-bond donors (Lipinski definition) is 2. The lowest BCUT2D eigenvalue weighted by Crippen LogP contribution is -2.31. The summed E-state index contributed by atoms with van der Waals surface area (Å²) in [5.74, 6) is 0.0941. The molecule has 1 heterocycles. The highest BCUT2D eigenvalue weighted by molar-refractivity contribution is 6.21. The Hall–Kier alpha value is 0.170. The van der Waals surface area contributed by atoms with Crippen LogP contribution in [0.1, 0.15) is 6.92 Å². The highest BCUT2D eigenvalue weighted by atomic mass is 35.5. The Morgan fingerprint density at radius 2 is 2.27 bits per heavy atom. The number of halogens is 1.